The van der Waals surface area contributed by atoms with Crippen molar-refractivity contribution in [2.24, 2.45) is 16.7 Å². The Bertz CT molecular complexity index is 837. The fourth-order valence-electron chi connectivity index (χ4n) is 2.28. The Hall–Kier alpha value is -2.50. The molecule has 0 radical (unpaired) electrons. The maximum Gasteiger partial charge on any atom is 0.122 e. The fraction of sp³-hybridized carbons (Fsp3) is 0. The van der Waals surface area contributed by atoms with Crippen LogP contribution in [0.3, 0.4) is 0 Å². The number of hydrogen-bond donors (Lipinski definition) is 4. The lowest BCUT2D eigenvalue weighted by atomic mass is 10.1. The molecular weight excluding hydrogens is 333 g/mol. The van der Waals surface area contributed by atoms with Crippen molar-refractivity contribution in [2.75, 3.05) is 0 Å². The Balaban J connectivity index is 0.00000132. The van der Waals surface area contributed by atoms with Crippen molar-refractivity contribution in [3.63, 3.8) is 0 Å². The van der Waals surface area contributed by atoms with Crippen LogP contribution in [0.1, 0.15) is 11.1 Å². The molecule has 5 nitrogen and oxygen atoms in total. The topological polar surface area (TPSA) is 104 Å². The van der Waals surface area contributed by atoms with Crippen LogP contribution >= 0.6 is 24.8 Å². The van der Waals surface area contributed by atoms with Gasteiger partial charge in [0.1, 0.15) is 5.84 Å². The number of H-pyrrole nitrogens is 1. The number of aromatic amines is 1. The first-order valence-corrected chi connectivity index (χ1v) is 6.48. The number of nitrogen functional groups attached to an aromatic ring is 1. The van der Waals surface area contributed by atoms with E-state index in [9.17, 15) is 0 Å². The van der Waals surface area contributed by atoms with Gasteiger partial charge in [-0.3, -0.25) is 5.41 Å². The van der Waals surface area contributed by atoms with Crippen LogP contribution in [-0.2, 0) is 0 Å². The van der Waals surface area contributed by atoms with Gasteiger partial charge >= 0.3 is 0 Å². The van der Waals surface area contributed by atoms with Gasteiger partial charge in [0, 0.05) is 22.2 Å². The first-order chi connectivity index (χ1) is 10.2. The monoisotopic (exact) mass is 349 g/mol. The largest absolute Gasteiger partial charge is 0.384 e. The van der Waals surface area contributed by atoms with Gasteiger partial charge in [0.2, 0.25) is 0 Å². The van der Waals surface area contributed by atoms with Crippen molar-refractivity contribution in [3.8, 4) is 11.3 Å². The summed E-state index contributed by atoms with van der Waals surface area (Å²) in [5.74, 6) is 5.20. The fourth-order valence-corrected chi connectivity index (χ4v) is 2.28. The standard InChI is InChI=1S/C16H15N5.2ClH/c17-16(18)13-6-5-12-7-14(21-15(12)8-13)11-3-1-10(2-4-11)9-20-19;;/h1-9,21H,19H2,(H3,17,18);2*1H/b20-9+;;. The summed E-state index contributed by atoms with van der Waals surface area (Å²) < 4.78 is 0. The number of fused-ring (bicyclic) bond motifs is 1. The molecule has 120 valence electrons. The minimum Gasteiger partial charge on any atom is -0.384 e. The highest BCUT2D eigenvalue weighted by molar-refractivity contribution is 5.99. The van der Waals surface area contributed by atoms with Gasteiger partial charge in [-0.1, -0.05) is 36.4 Å². The second-order valence-corrected chi connectivity index (χ2v) is 4.80. The van der Waals surface area contributed by atoms with Gasteiger partial charge in [0.25, 0.3) is 0 Å². The lowest BCUT2D eigenvalue weighted by Gasteiger charge is -1.99. The number of nitrogens with zero attached hydrogens (tertiary/aromatic N) is 1. The van der Waals surface area contributed by atoms with Gasteiger partial charge in [-0.25, -0.2) is 0 Å². The predicted octanol–water partition coefficient (Wildman–Crippen LogP) is 3.26. The lowest BCUT2D eigenvalue weighted by Crippen LogP contribution is -2.10. The van der Waals surface area contributed by atoms with Gasteiger partial charge in [0.05, 0.1) is 6.21 Å². The molecule has 3 aromatic rings. The van der Waals surface area contributed by atoms with Crippen molar-refractivity contribution in [1.29, 1.82) is 5.41 Å². The summed E-state index contributed by atoms with van der Waals surface area (Å²) in [6.45, 7) is 0. The molecule has 0 aliphatic carbocycles. The minimum absolute atomic E-state index is 0. The van der Waals surface area contributed by atoms with E-state index < -0.39 is 0 Å². The van der Waals surface area contributed by atoms with Gasteiger partial charge in [0.15, 0.2) is 0 Å². The molecule has 0 bridgehead atoms. The van der Waals surface area contributed by atoms with Crippen LogP contribution in [0.5, 0.6) is 0 Å². The smallest absolute Gasteiger partial charge is 0.122 e. The molecule has 0 atom stereocenters. The number of amidine groups is 1. The van der Waals surface area contributed by atoms with Gasteiger partial charge in [-0.15, -0.1) is 24.8 Å². The maximum atomic E-state index is 7.49. The molecule has 0 aliphatic rings. The quantitative estimate of drug-likeness (QED) is 0.252. The highest BCUT2D eigenvalue weighted by Crippen LogP contribution is 2.25. The Morgan fingerprint density at radius 1 is 1.04 bits per heavy atom. The molecule has 0 saturated carbocycles. The third-order valence-corrected chi connectivity index (χ3v) is 3.38. The zero-order valence-electron chi connectivity index (χ0n) is 12.1. The molecule has 0 saturated heterocycles. The van der Waals surface area contributed by atoms with E-state index >= 15 is 0 Å². The number of nitrogens with two attached hydrogens (primary N) is 2. The Morgan fingerprint density at radius 3 is 2.35 bits per heavy atom. The van der Waals surface area contributed by atoms with Crippen LogP contribution in [0.2, 0.25) is 0 Å². The summed E-state index contributed by atoms with van der Waals surface area (Å²) in [5, 5.41) is 12.1. The molecule has 6 N–H and O–H groups in total. The number of nitrogens with one attached hydrogen (secondary N) is 2. The molecule has 3 rings (SSSR count). The first-order valence-electron chi connectivity index (χ1n) is 6.48. The minimum atomic E-state index is 0. The predicted molar refractivity (Wildman–Crippen MR) is 101 cm³/mol. The molecule has 0 spiro atoms. The molecule has 0 unspecified atom stereocenters. The number of benzene rings is 2. The van der Waals surface area contributed by atoms with Gasteiger partial charge < -0.3 is 16.6 Å². The summed E-state index contributed by atoms with van der Waals surface area (Å²) in [6.07, 6.45) is 1.61. The summed E-state index contributed by atoms with van der Waals surface area (Å²) >= 11 is 0. The van der Waals surface area contributed by atoms with Crippen LogP contribution in [0, 0.1) is 5.41 Å². The summed E-state index contributed by atoms with van der Waals surface area (Å²) in [6, 6.07) is 15.7. The second-order valence-electron chi connectivity index (χ2n) is 4.80. The van der Waals surface area contributed by atoms with Crippen molar-refractivity contribution in [2.45, 2.75) is 0 Å². The van der Waals surface area contributed by atoms with E-state index in [-0.39, 0.29) is 30.6 Å². The number of hydrazone groups is 1. The molecule has 0 fully saturated rings. The molecule has 23 heavy (non-hydrogen) atoms. The van der Waals surface area contributed by atoms with E-state index in [1.807, 2.05) is 42.5 Å². The summed E-state index contributed by atoms with van der Waals surface area (Å²) in [7, 11) is 0. The normalized spacial score (nSPS) is 10.3. The SMILES string of the molecule is Cl.Cl.N=C(N)c1ccc2cc(-c3ccc(/C=N/N)cc3)[nH]c2c1. The average Bonchev–Trinajstić information content (AvgIpc) is 2.91. The zero-order valence-corrected chi connectivity index (χ0v) is 13.7. The van der Waals surface area contributed by atoms with Crippen LogP contribution in [0.4, 0.5) is 0 Å². The zero-order chi connectivity index (χ0) is 14.8. The highest BCUT2D eigenvalue weighted by atomic mass is 35.5. The van der Waals surface area contributed by atoms with Crippen molar-refractivity contribution in [1.82, 2.24) is 4.98 Å². The van der Waals surface area contributed by atoms with Gasteiger partial charge in [-0.05, 0) is 23.3 Å². The van der Waals surface area contributed by atoms with E-state index in [1.165, 1.54) is 0 Å². The van der Waals surface area contributed by atoms with Crippen molar-refractivity contribution in [3.05, 3.63) is 59.7 Å². The molecular formula is C16H17Cl2N5. The summed E-state index contributed by atoms with van der Waals surface area (Å²) in [4.78, 5) is 3.35. The molecule has 7 heteroatoms. The number of hydrogen-bond acceptors (Lipinski definition) is 3. The van der Waals surface area contributed by atoms with Crippen molar-refractivity contribution < 1.29 is 0 Å². The molecule has 1 aromatic heterocycles. The van der Waals surface area contributed by atoms with Crippen LogP contribution < -0.4 is 11.6 Å². The van der Waals surface area contributed by atoms with Crippen LogP contribution in [0.25, 0.3) is 22.2 Å². The Kier molecular flexibility index (Phi) is 6.18. The van der Waals surface area contributed by atoms with E-state index in [1.54, 1.807) is 6.21 Å². The third kappa shape index (κ3) is 3.83. The average molecular weight is 350 g/mol. The lowest BCUT2D eigenvalue weighted by molar-refractivity contribution is 1.26. The second kappa shape index (κ2) is 7.67. The third-order valence-electron chi connectivity index (χ3n) is 3.38. The van der Waals surface area contributed by atoms with Gasteiger partial charge in [-0.2, -0.15) is 5.10 Å². The number of aromatic nitrogens is 1. The maximum absolute atomic E-state index is 7.49. The van der Waals surface area contributed by atoms with E-state index in [0.717, 1.165) is 27.7 Å². The summed E-state index contributed by atoms with van der Waals surface area (Å²) in [5.41, 5.74) is 10.2. The number of halogens is 2. The highest BCUT2D eigenvalue weighted by Gasteiger charge is 2.05. The first kappa shape index (κ1) is 18.5. The van der Waals surface area contributed by atoms with Crippen LogP contribution in [-0.4, -0.2) is 17.0 Å². The molecule has 1 heterocycles. The van der Waals surface area contributed by atoms with Crippen molar-refractivity contribution >= 4 is 47.8 Å². The van der Waals surface area contributed by atoms with Crippen LogP contribution in [0.15, 0.2) is 53.6 Å². The van der Waals surface area contributed by atoms with E-state index in [0.29, 0.717) is 5.56 Å². The molecule has 2 aromatic carbocycles. The van der Waals surface area contributed by atoms with E-state index in [2.05, 4.69) is 16.2 Å². The molecule has 0 amide bonds. The Morgan fingerprint density at radius 2 is 1.74 bits per heavy atom. The number of rotatable bonds is 3. The Labute approximate surface area is 146 Å². The molecule has 0 aliphatic heterocycles. The van der Waals surface area contributed by atoms with E-state index in [4.69, 9.17) is 17.0 Å².